The zero-order valence-electron chi connectivity index (χ0n) is 12.5. The number of aromatic nitrogens is 1. The number of hydrogen-bond acceptors (Lipinski definition) is 5. The summed E-state index contributed by atoms with van der Waals surface area (Å²) in [6.45, 7) is -0.515. The minimum absolute atomic E-state index is 0.357. The average molecular weight is 315 g/mol. The smallest absolute Gasteiger partial charge is 0.252 e. The van der Waals surface area contributed by atoms with Gasteiger partial charge in [-0.25, -0.2) is 0 Å². The van der Waals surface area contributed by atoms with Gasteiger partial charge in [-0.05, 0) is 36.4 Å². The molecular formula is C16H17N3O4. The molecule has 7 heteroatoms. The van der Waals surface area contributed by atoms with Crippen LogP contribution in [0.5, 0.6) is 5.75 Å². The van der Waals surface area contributed by atoms with Crippen molar-refractivity contribution in [3.8, 4) is 5.75 Å². The summed E-state index contributed by atoms with van der Waals surface area (Å²) in [5.74, 6) is -0.316. The van der Waals surface area contributed by atoms with Crippen molar-refractivity contribution in [2.45, 2.75) is 6.04 Å². The lowest BCUT2D eigenvalue weighted by Crippen LogP contribution is -2.46. The van der Waals surface area contributed by atoms with Gasteiger partial charge >= 0.3 is 0 Å². The third-order valence-corrected chi connectivity index (χ3v) is 3.10. The Labute approximate surface area is 133 Å². The summed E-state index contributed by atoms with van der Waals surface area (Å²) in [5.41, 5.74) is 0.892. The fraction of sp³-hybridized carbons (Fsp3) is 0.188. The Morgan fingerprint density at radius 3 is 2.39 bits per heavy atom. The predicted octanol–water partition coefficient (Wildman–Crippen LogP) is 0.820. The van der Waals surface area contributed by atoms with Crippen LogP contribution in [0.25, 0.3) is 0 Å². The molecule has 1 heterocycles. The van der Waals surface area contributed by atoms with Gasteiger partial charge in [0.2, 0.25) is 5.91 Å². The lowest BCUT2D eigenvalue weighted by Gasteiger charge is -2.16. The Kier molecular flexibility index (Phi) is 5.65. The number of ether oxygens (including phenoxy) is 1. The molecule has 120 valence electrons. The van der Waals surface area contributed by atoms with E-state index >= 15 is 0 Å². The molecule has 7 nitrogen and oxygen atoms in total. The monoisotopic (exact) mass is 315 g/mol. The molecule has 3 N–H and O–H groups in total. The van der Waals surface area contributed by atoms with Crippen LogP contribution in [0.2, 0.25) is 0 Å². The van der Waals surface area contributed by atoms with Crippen LogP contribution in [0.1, 0.15) is 10.4 Å². The molecule has 0 fully saturated rings. The standard InChI is InChI=1S/C16H17N3O4/c1-23-13-4-2-12(3-5-13)18-16(22)14(10-20)19-15(21)11-6-8-17-9-7-11/h2-9,14,20H,10H2,1H3,(H,18,22)(H,19,21). The van der Waals surface area contributed by atoms with Crippen molar-refractivity contribution in [1.82, 2.24) is 10.3 Å². The number of aliphatic hydroxyl groups excluding tert-OH is 1. The molecule has 1 aromatic heterocycles. The summed E-state index contributed by atoms with van der Waals surface area (Å²) >= 11 is 0. The SMILES string of the molecule is COc1ccc(NC(=O)C(CO)NC(=O)c2ccncc2)cc1. The molecule has 0 spiro atoms. The van der Waals surface area contributed by atoms with E-state index in [2.05, 4.69) is 15.6 Å². The van der Waals surface area contributed by atoms with Gasteiger partial charge in [-0.3, -0.25) is 14.6 Å². The normalized spacial score (nSPS) is 11.4. The van der Waals surface area contributed by atoms with Crippen molar-refractivity contribution in [3.05, 3.63) is 54.4 Å². The first-order chi connectivity index (χ1) is 11.1. The van der Waals surface area contributed by atoms with E-state index in [1.807, 2.05) is 0 Å². The van der Waals surface area contributed by atoms with Crippen LogP contribution in [0, 0.1) is 0 Å². The zero-order valence-corrected chi connectivity index (χ0v) is 12.5. The number of carbonyl (C=O) groups is 2. The maximum absolute atomic E-state index is 12.1. The van der Waals surface area contributed by atoms with E-state index in [0.29, 0.717) is 17.0 Å². The lowest BCUT2D eigenvalue weighted by atomic mass is 10.2. The Hall–Kier alpha value is -2.93. The summed E-state index contributed by atoms with van der Waals surface area (Å²) in [6, 6.07) is 8.69. The number of rotatable bonds is 6. The predicted molar refractivity (Wildman–Crippen MR) is 84.2 cm³/mol. The Morgan fingerprint density at radius 1 is 1.17 bits per heavy atom. The van der Waals surface area contributed by atoms with Gasteiger partial charge in [-0.2, -0.15) is 0 Å². The molecule has 0 aliphatic carbocycles. The molecule has 0 saturated heterocycles. The highest BCUT2D eigenvalue weighted by Crippen LogP contribution is 2.15. The number of carbonyl (C=O) groups excluding carboxylic acids is 2. The van der Waals surface area contributed by atoms with E-state index < -0.39 is 24.5 Å². The van der Waals surface area contributed by atoms with Gasteiger partial charge in [0, 0.05) is 23.6 Å². The topological polar surface area (TPSA) is 101 Å². The number of benzene rings is 1. The van der Waals surface area contributed by atoms with Gasteiger partial charge in [0.15, 0.2) is 0 Å². The maximum Gasteiger partial charge on any atom is 0.252 e. The second-order valence-electron chi connectivity index (χ2n) is 4.66. The number of hydrogen-bond donors (Lipinski definition) is 3. The molecule has 1 aromatic carbocycles. The van der Waals surface area contributed by atoms with Crippen LogP contribution in [-0.2, 0) is 4.79 Å². The van der Waals surface area contributed by atoms with E-state index in [0.717, 1.165) is 0 Å². The minimum Gasteiger partial charge on any atom is -0.497 e. The molecule has 0 radical (unpaired) electrons. The molecule has 0 aliphatic heterocycles. The number of pyridine rings is 1. The molecule has 0 bridgehead atoms. The first kappa shape index (κ1) is 16.4. The average Bonchev–Trinajstić information content (AvgIpc) is 2.60. The highest BCUT2D eigenvalue weighted by atomic mass is 16.5. The summed E-state index contributed by atoms with van der Waals surface area (Å²) in [6.07, 6.45) is 2.95. The van der Waals surface area contributed by atoms with Crippen molar-refractivity contribution in [2.24, 2.45) is 0 Å². The van der Waals surface area contributed by atoms with Crippen molar-refractivity contribution in [1.29, 1.82) is 0 Å². The number of methoxy groups -OCH3 is 1. The first-order valence-corrected chi connectivity index (χ1v) is 6.90. The van der Waals surface area contributed by atoms with Gasteiger partial charge in [0.1, 0.15) is 11.8 Å². The number of anilines is 1. The van der Waals surface area contributed by atoms with Crippen molar-refractivity contribution < 1.29 is 19.4 Å². The molecule has 0 saturated carbocycles. The highest BCUT2D eigenvalue weighted by Gasteiger charge is 2.20. The van der Waals surface area contributed by atoms with Crippen LogP contribution in [0.3, 0.4) is 0 Å². The molecule has 2 amide bonds. The lowest BCUT2D eigenvalue weighted by molar-refractivity contribution is -0.118. The molecule has 2 aromatic rings. The van der Waals surface area contributed by atoms with Gasteiger partial charge in [0.25, 0.3) is 5.91 Å². The molecule has 23 heavy (non-hydrogen) atoms. The quantitative estimate of drug-likeness (QED) is 0.733. The van der Waals surface area contributed by atoms with E-state index in [-0.39, 0.29) is 0 Å². The molecule has 0 aliphatic rings. The summed E-state index contributed by atoms with van der Waals surface area (Å²) in [4.78, 5) is 28.0. The number of aliphatic hydroxyl groups is 1. The highest BCUT2D eigenvalue weighted by molar-refractivity contribution is 6.01. The van der Waals surface area contributed by atoms with E-state index in [4.69, 9.17) is 4.74 Å². The van der Waals surface area contributed by atoms with Crippen molar-refractivity contribution in [2.75, 3.05) is 19.0 Å². The number of nitrogens with one attached hydrogen (secondary N) is 2. The van der Waals surface area contributed by atoms with Crippen LogP contribution in [0.4, 0.5) is 5.69 Å². The van der Waals surface area contributed by atoms with Crippen molar-refractivity contribution >= 4 is 17.5 Å². The van der Waals surface area contributed by atoms with Crippen LogP contribution < -0.4 is 15.4 Å². The Bertz CT molecular complexity index is 659. The van der Waals surface area contributed by atoms with Crippen LogP contribution >= 0.6 is 0 Å². The fourth-order valence-electron chi connectivity index (χ4n) is 1.84. The third-order valence-electron chi connectivity index (χ3n) is 3.10. The van der Waals surface area contributed by atoms with Gasteiger partial charge < -0.3 is 20.5 Å². The molecule has 2 rings (SSSR count). The molecular weight excluding hydrogens is 298 g/mol. The Morgan fingerprint density at radius 2 is 1.83 bits per heavy atom. The second-order valence-corrected chi connectivity index (χ2v) is 4.66. The van der Waals surface area contributed by atoms with E-state index in [1.165, 1.54) is 24.5 Å². The third kappa shape index (κ3) is 4.52. The summed E-state index contributed by atoms with van der Waals surface area (Å²) in [5, 5.41) is 14.4. The summed E-state index contributed by atoms with van der Waals surface area (Å²) in [7, 11) is 1.55. The second kappa shape index (κ2) is 7.90. The maximum atomic E-state index is 12.1. The van der Waals surface area contributed by atoms with Gasteiger partial charge in [-0.1, -0.05) is 0 Å². The number of amides is 2. The minimum atomic E-state index is -1.06. The molecule has 1 atom stereocenters. The van der Waals surface area contributed by atoms with Crippen molar-refractivity contribution in [3.63, 3.8) is 0 Å². The number of nitrogens with zero attached hydrogens (tertiary/aromatic N) is 1. The van der Waals surface area contributed by atoms with Crippen LogP contribution in [0.15, 0.2) is 48.8 Å². The van der Waals surface area contributed by atoms with Gasteiger partial charge in [-0.15, -0.1) is 0 Å². The zero-order chi connectivity index (χ0) is 16.7. The van der Waals surface area contributed by atoms with E-state index in [1.54, 1.807) is 31.4 Å². The Balaban J connectivity index is 1.99. The van der Waals surface area contributed by atoms with Gasteiger partial charge in [0.05, 0.1) is 13.7 Å². The van der Waals surface area contributed by atoms with Crippen LogP contribution in [-0.4, -0.2) is 41.7 Å². The van der Waals surface area contributed by atoms with E-state index in [9.17, 15) is 14.7 Å². The largest absolute Gasteiger partial charge is 0.497 e. The first-order valence-electron chi connectivity index (χ1n) is 6.90. The fourth-order valence-corrected chi connectivity index (χ4v) is 1.84. The summed E-state index contributed by atoms with van der Waals surface area (Å²) < 4.78 is 5.03. The molecule has 1 unspecified atom stereocenters.